The van der Waals surface area contributed by atoms with Crippen molar-refractivity contribution in [2.75, 3.05) is 0 Å². The summed E-state index contributed by atoms with van der Waals surface area (Å²) in [6, 6.07) is 23.7. The third kappa shape index (κ3) is 7.51. The van der Waals surface area contributed by atoms with Gasteiger partial charge in [0.05, 0.1) is 0 Å². The lowest BCUT2D eigenvalue weighted by Crippen LogP contribution is -2.12. The molecule has 0 radical (unpaired) electrons. The Bertz CT molecular complexity index is 1480. The van der Waals surface area contributed by atoms with Crippen molar-refractivity contribution >= 4 is 39.8 Å². The number of hydrogen-bond donors (Lipinski definition) is 5. The lowest BCUT2D eigenvalue weighted by Gasteiger charge is -2.13. The second-order valence-electron chi connectivity index (χ2n) is 8.23. The van der Waals surface area contributed by atoms with Crippen LogP contribution in [-0.4, -0.2) is 18.3 Å². The molecule has 6 heteroatoms. The highest BCUT2D eigenvalue weighted by Gasteiger charge is 2.10. The lowest BCUT2D eigenvalue weighted by atomic mass is 9.91. The molecule has 0 spiro atoms. The van der Waals surface area contributed by atoms with Crippen LogP contribution in [0.1, 0.15) is 23.6 Å². The SMILES string of the molecule is C/C=C\N=C(N)c1ccc(-c2ccc3c(C)c4ccccc4c(C)c3c2)cc1.N=C/C=C\N.N=C/C=C\N. The average Bonchev–Trinajstić information content (AvgIpc) is 2.96. The van der Waals surface area contributed by atoms with Gasteiger partial charge in [0.15, 0.2) is 0 Å². The van der Waals surface area contributed by atoms with E-state index in [0.29, 0.717) is 5.84 Å². The summed E-state index contributed by atoms with van der Waals surface area (Å²) >= 11 is 0. The van der Waals surface area contributed by atoms with E-state index in [4.69, 9.17) is 28.0 Å². The summed E-state index contributed by atoms with van der Waals surface area (Å²) in [5.41, 5.74) is 21.6. The molecule has 0 bridgehead atoms. The molecule has 8 N–H and O–H groups in total. The highest BCUT2D eigenvalue weighted by molar-refractivity contribution is 6.06. The molecule has 0 amide bonds. The second-order valence-corrected chi connectivity index (χ2v) is 8.23. The van der Waals surface area contributed by atoms with Crippen LogP contribution < -0.4 is 17.2 Å². The number of nitrogens with zero attached hydrogens (tertiary/aromatic N) is 1. The van der Waals surface area contributed by atoms with Crippen LogP contribution in [0, 0.1) is 24.7 Å². The molecule has 4 aromatic rings. The van der Waals surface area contributed by atoms with Crippen LogP contribution in [0.15, 0.2) is 109 Å². The number of hydrogen-bond acceptors (Lipinski definition) is 5. The highest BCUT2D eigenvalue weighted by Crippen LogP contribution is 2.34. The molecule has 0 aliphatic rings. The van der Waals surface area contributed by atoms with E-state index in [1.54, 1.807) is 6.20 Å². The third-order valence-corrected chi connectivity index (χ3v) is 5.85. The van der Waals surface area contributed by atoms with Gasteiger partial charge in [0.2, 0.25) is 0 Å². The largest absolute Gasteiger partial charge is 0.405 e. The molecule has 194 valence electrons. The van der Waals surface area contributed by atoms with Gasteiger partial charge >= 0.3 is 0 Å². The molecule has 0 aromatic heterocycles. The Morgan fingerprint density at radius 2 is 1.21 bits per heavy atom. The molecule has 0 aliphatic heterocycles. The lowest BCUT2D eigenvalue weighted by molar-refractivity contribution is 1.45. The van der Waals surface area contributed by atoms with E-state index in [2.05, 4.69) is 73.4 Å². The van der Waals surface area contributed by atoms with Gasteiger partial charge in [-0.15, -0.1) is 0 Å². The van der Waals surface area contributed by atoms with Crippen LogP contribution in [0.4, 0.5) is 0 Å². The molecular formula is C32H36N6. The minimum absolute atomic E-state index is 0.529. The Kier molecular flexibility index (Phi) is 11.7. The van der Waals surface area contributed by atoms with Crippen LogP contribution in [0.3, 0.4) is 0 Å². The average molecular weight is 505 g/mol. The van der Waals surface area contributed by atoms with Gasteiger partial charge in [0.1, 0.15) is 5.84 Å². The van der Waals surface area contributed by atoms with E-state index in [1.807, 2.05) is 25.1 Å². The first-order valence-electron chi connectivity index (χ1n) is 12.1. The van der Waals surface area contributed by atoms with Gasteiger partial charge in [0.25, 0.3) is 0 Å². The van der Waals surface area contributed by atoms with Gasteiger partial charge in [0, 0.05) is 24.2 Å². The van der Waals surface area contributed by atoms with Gasteiger partial charge in [-0.2, -0.15) is 0 Å². The number of nitrogens with two attached hydrogens (primary N) is 3. The second kappa shape index (κ2) is 15.2. The fraction of sp³-hybridized carbons (Fsp3) is 0.0938. The van der Waals surface area contributed by atoms with Crippen molar-refractivity contribution in [3.05, 3.63) is 120 Å². The molecule has 4 aromatic carbocycles. The molecule has 0 aliphatic carbocycles. The summed E-state index contributed by atoms with van der Waals surface area (Å²) < 4.78 is 0. The van der Waals surface area contributed by atoms with E-state index in [-0.39, 0.29) is 0 Å². The normalized spacial score (nSPS) is 11.4. The molecule has 0 atom stereocenters. The Hall–Kier alpha value is -4.97. The number of amidine groups is 1. The van der Waals surface area contributed by atoms with Crippen molar-refractivity contribution in [1.82, 2.24) is 0 Å². The number of benzene rings is 4. The maximum Gasteiger partial charge on any atom is 0.130 e. The van der Waals surface area contributed by atoms with Crippen molar-refractivity contribution in [2.24, 2.45) is 22.2 Å². The van der Waals surface area contributed by atoms with E-state index in [9.17, 15) is 0 Å². The molecule has 0 fully saturated rings. The van der Waals surface area contributed by atoms with Gasteiger partial charge in [-0.3, -0.25) is 0 Å². The summed E-state index contributed by atoms with van der Waals surface area (Å²) in [5, 5.41) is 17.9. The number of nitrogens with one attached hydrogen (secondary N) is 2. The minimum Gasteiger partial charge on any atom is -0.405 e. The van der Waals surface area contributed by atoms with Gasteiger partial charge in [-0.25, -0.2) is 4.99 Å². The summed E-state index contributed by atoms with van der Waals surface area (Å²) in [6.07, 6.45) is 11.3. The predicted molar refractivity (Wildman–Crippen MR) is 166 cm³/mol. The van der Waals surface area contributed by atoms with Gasteiger partial charge in [-0.05, 0) is 95.2 Å². The topological polar surface area (TPSA) is 138 Å². The minimum atomic E-state index is 0.529. The number of allylic oxidation sites excluding steroid dienone is 3. The summed E-state index contributed by atoms with van der Waals surface area (Å²) in [7, 11) is 0. The zero-order valence-corrected chi connectivity index (χ0v) is 22.1. The molecule has 0 heterocycles. The van der Waals surface area contributed by atoms with Gasteiger partial charge in [-0.1, -0.05) is 66.7 Å². The first-order valence-corrected chi connectivity index (χ1v) is 12.1. The van der Waals surface area contributed by atoms with Crippen LogP contribution in [0.2, 0.25) is 0 Å². The summed E-state index contributed by atoms with van der Waals surface area (Å²) in [5.74, 6) is 0.529. The van der Waals surface area contributed by atoms with E-state index < -0.39 is 0 Å². The van der Waals surface area contributed by atoms with E-state index in [1.165, 1.54) is 68.4 Å². The molecule has 0 unspecified atom stereocenters. The Morgan fingerprint density at radius 1 is 0.711 bits per heavy atom. The van der Waals surface area contributed by atoms with Crippen molar-refractivity contribution in [3.63, 3.8) is 0 Å². The Balaban J connectivity index is 0.000000435. The summed E-state index contributed by atoms with van der Waals surface area (Å²) in [6.45, 7) is 6.35. The number of rotatable bonds is 5. The van der Waals surface area contributed by atoms with E-state index in [0.717, 1.165) is 18.0 Å². The van der Waals surface area contributed by atoms with Crippen LogP contribution in [-0.2, 0) is 0 Å². The number of aryl methyl sites for hydroxylation is 2. The Labute approximate surface area is 224 Å². The molecule has 38 heavy (non-hydrogen) atoms. The molecule has 4 rings (SSSR count). The number of aliphatic imine (C=N–C) groups is 1. The zero-order valence-electron chi connectivity index (χ0n) is 22.1. The van der Waals surface area contributed by atoms with E-state index >= 15 is 0 Å². The number of fused-ring (bicyclic) bond motifs is 2. The maximum atomic E-state index is 6.31. The van der Waals surface area contributed by atoms with Crippen LogP contribution in [0.25, 0.3) is 32.7 Å². The zero-order chi connectivity index (χ0) is 27.9. The standard InChI is InChI=1S/C26H24N2.2C3H6N2/c1-4-15-28-26(27)20-11-9-19(10-12-20)21-13-14-24-17(2)22-7-5-6-8-23(22)18(3)25(24)16-21;2*4-2-1-3-5/h4-16H,1-3H3,(H2,27,28);2*1-4H,5H2/b15-4-;2*3-1-,4-2?. The Morgan fingerprint density at radius 3 is 1.68 bits per heavy atom. The first kappa shape index (κ1) is 29.3. The fourth-order valence-electron chi connectivity index (χ4n) is 3.96. The molecule has 0 saturated carbocycles. The molecular weight excluding hydrogens is 468 g/mol. The van der Waals surface area contributed by atoms with Crippen LogP contribution in [0.5, 0.6) is 0 Å². The predicted octanol–water partition coefficient (Wildman–Crippen LogP) is 6.73. The van der Waals surface area contributed by atoms with Crippen molar-refractivity contribution in [3.8, 4) is 11.1 Å². The van der Waals surface area contributed by atoms with Gasteiger partial charge < -0.3 is 28.0 Å². The van der Waals surface area contributed by atoms with Crippen molar-refractivity contribution in [1.29, 1.82) is 10.8 Å². The maximum absolute atomic E-state index is 6.31. The first-order chi connectivity index (χ1) is 18.4. The molecule has 6 nitrogen and oxygen atoms in total. The quantitative estimate of drug-likeness (QED) is 0.117. The highest BCUT2D eigenvalue weighted by atomic mass is 14.8. The van der Waals surface area contributed by atoms with Crippen LogP contribution >= 0.6 is 0 Å². The van der Waals surface area contributed by atoms with Crippen molar-refractivity contribution in [2.45, 2.75) is 20.8 Å². The third-order valence-electron chi connectivity index (χ3n) is 5.85. The summed E-state index contributed by atoms with van der Waals surface area (Å²) in [4.78, 5) is 4.22. The smallest absolute Gasteiger partial charge is 0.130 e. The monoisotopic (exact) mass is 504 g/mol. The fourth-order valence-corrected chi connectivity index (χ4v) is 3.96. The van der Waals surface area contributed by atoms with Crippen molar-refractivity contribution < 1.29 is 0 Å². The molecule has 0 saturated heterocycles.